The van der Waals surface area contributed by atoms with E-state index in [1.807, 2.05) is 38.1 Å². The van der Waals surface area contributed by atoms with E-state index in [0.717, 1.165) is 22.2 Å². The van der Waals surface area contributed by atoms with Crippen LogP contribution in [0.3, 0.4) is 0 Å². The topological polar surface area (TPSA) is 52.7 Å². The van der Waals surface area contributed by atoms with Gasteiger partial charge in [0.25, 0.3) is 0 Å². The number of carbonyl (C=O) groups is 1. The maximum atomic E-state index is 12.5. The van der Waals surface area contributed by atoms with Crippen LogP contribution < -0.4 is 0 Å². The van der Waals surface area contributed by atoms with Gasteiger partial charge in [-0.05, 0) is 25.5 Å². The van der Waals surface area contributed by atoms with Gasteiger partial charge in [0.2, 0.25) is 5.82 Å². The number of fused-ring (bicyclic) bond motifs is 1. The summed E-state index contributed by atoms with van der Waals surface area (Å²) in [6.07, 6.45) is 1.53. The average molecular weight is 254 g/mol. The first-order chi connectivity index (χ1) is 9.09. The Morgan fingerprint density at radius 3 is 2.63 bits per heavy atom. The Kier molecular flexibility index (Phi) is 2.48. The van der Waals surface area contributed by atoms with Crippen LogP contribution in [0.2, 0.25) is 0 Å². The van der Waals surface area contributed by atoms with Crippen molar-refractivity contribution in [2.24, 2.45) is 7.05 Å². The standard InChI is InChI=1S/C14H14N4O/c1-9-10(2)18(12-7-5-4-6-11(9)12)14(19)13-15-8-17(3)16-13/h4-8H,1-3H3. The predicted octanol–water partition coefficient (Wildman–Crippen LogP) is 2.08. The van der Waals surface area contributed by atoms with Crippen molar-refractivity contribution in [3.05, 3.63) is 47.7 Å². The number of hydrogen-bond acceptors (Lipinski definition) is 3. The lowest BCUT2D eigenvalue weighted by Crippen LogP contribution is -2.15. The number of benzene rings is 1. The fourth-order valence-electron chi connectivity index (χ4n) is 2.33. The normalized spacial score (nSPS) is 11.1. The highest BCUT2D eigenvalue weighted by molar-refractivity contribution is 6.01. The van der Waals surface area contributed by atoms with Gasteiger partial charge in [-0.15, -0.1) is 5.10 Å². The molecule has 5 heteroatoms. The Hall–Kier alpha value is -2.43. The van der Waals surface area contributed by atoms with Crippen LogP contribution in [0, 0.1) is 13.8 Å². The number of carbonyl (C=O) groups excluding carboxylic acids is 1. The van der Waals surface area contributed by atoms with Gasteiger partial charge in [0.15, 0.2) is 0 Å². The molecule has 0 aliphatic carbocycles. The van der Waals surface area contributed by atoms with Crippen LogP contribution in [-0.2, 0) is 7.05 Å². The van der Waals surface area contributed by atoms with Gasteiger partial charge in [-0.3, -0.25) is 14.0 Å². The molecule has 0 aliphatic rings. The lowest BCUT2D eigenvalue weighted by molar-refractivity contribution is 0.0952. The molecular weight excluding hydrogens is 240 g/mol. The Balaban J connectivity index is 2.25. The smallest absolute Gasteiger partial charge is 0.277 e. The number of hydrogen-bond donors (Lipinski definition) is 0. The first kappa shape index (κ1) is 11.6. The van der Waals surface area contributed by atoms with Crippen molar-refractivity contribution >= 4 is 16.8 Å². The van der Waals surface area contributed by atoms with Crippen LogP contribution in [0.5, 0.6) is 0 Å². The zero-order valence-corrected chi connectivity index (χ0v) is 11.1. The zero-order chi connectivity index (χ0) is 13.6. The number of rotatable bonds is 1. The van der Waals surface area contributed by atoms with E-state index in [-0.39, 0.29) is 11.7 Å². The molecule has 0 saturated carbocycles. The Morgan fingerprint density at radius 1 is 1.21 bits per heavy atom. The highest BCUT2D eigenvalue weighted by atomic mass is 16.2. The summed E-state index contributed by atoms with van der Waals surface area (Å²) in [7, 11) is 1.75. The van der Waals surface area contributed by atoms with Gasteiger partial charge in [0.1, 0.15) is 6.33 Å². The summed E-state index contributed by atoms with van der Waals surface area (Å²) >= 11 is 0. The fourth-order valence-corrected chi connectivity index (χ4v) is 2.33. The van der Waals surface area contributed by atoms with Gasteiger partial charge in [-0.25, -0.2) is 4.98 Å². The quantitative estimate of drug-likeness (QED) is 0.668. The highest BCUT2D eigenvalue weighted by Crippen LogP contribution is 2.25. The first-order valence-corrected chi connectivity index (χ1v) is 6.06. The summed E-state index contributed by atoms with van der Waals surface area (Å²) in [4.78, 5) is 16.6. The second-order valence-electron chi connectivity index (χ2n) is 4.61. The fraction of sp³-hybridized carbons (Fsp3) is 0.214. The van der Waals surface area contributed by atoms with Crippen molar-refractivity contribution in [2.75, 3.05) is 0 Å². The maximum Gasteiger partial charge on any atom is 0.302 e. The maximum absolute atomic E-state index is 12.5. The van der Waals surface area contributed by atoms with E-state index in [9.17, 15) is 4.79 Å². The predicted molar refractivity (Wildman–Crippen MR) is 72.1 cm³/mol. The third-order valence-electron chi connectivity index (χ3n) is 3.42. The van der Waals surface area contributed by atoms with E-state index in [1.54, 1.807) is 11.6 Å². The van der Waals surface area contributed by atoms with Crippen molar-refractivity contribution in [2.45, 2.75) is 13.8 Å². The van der Waals surface area contributed by atoms with E-state index in [4.69, 9.17) is 0 Å². The Morgan fingerprint density at radius 2 is 1.95 bits per heavy atom. The molecule has 0 radical (unpaired) electrons. The summed E-state index contributed by atoms with van der Waals surface area (Å²) in [6.45, 7) is 3.96. The molecule has 0 unspecified atom stereocenters. The minimum atomic E-state index is -0.192. The molecule has 96 valence electrons. The second-order valence-corrected chi connectivity index (χ2v) is 4.61. The molecule has 0 spiro atoms. The molecule has 0 fully saturated rings. The molecule has 2 aromatic heterocycles. The summed E-state index contributed by atoms with van der Waals surface area (Å²) in [5, 5.41) is 5.17. The first-order valence-electron chi connectivity index (χ1n) is 6.06. The molecule has 19 heavy (non-hydrogen) atoms. The molecule has 0 saturated heterocycles. The van der Waals surface area contributed by atoms with Crippen molar-refractivity contribution in [3.8, 4) is 0 Å². The number of aromatic nitrogens is 4. The lowest BCUT2D eigenvalue weighted by atomic mass is 10.2. The molecule has 3 aromatic rings. The third-order valence-corrected chi connectivity index (χ3v) is 3.42. The van der Waals surface area contributed by atoms with Crippen LogP contribution in [0.15, 0.2) is 30.6 Å². The summed E-state index contributed by atoms with van der Waals surface area (Å²) in [6, 6.07) is 7.86. The number of aryl methyl sites for hydroxylation is 2. The van der Waals surface area contributed by atoms with Gasteiger partial charge in [-0.1, -0.05) is 18.2 Å². The van der Waals surface area contributed by atoms with E-state index >= 15 is 0 Å². The van der Waals surface area contributed by atoms with Crippen LogP contribution in [0.4, 0.5) is 0 Å². The summed E-state index contributed by atoms with van der Waals surface area (Å²) in [5.41, 5.74) is 2.94. The van der Waals surface area contributed by atoms with Crippen LogP contribution in [-0.4, -0.2) is 25.2 Å². The number of nitrogens with zero attached hydrogens (tertiary/aromatic N) is 4. The van der Waals surface area contributed by atoms with Crippen molar-refractivity contribution in [1.82, 2.24) is 19.3 Å². The largest absolute Gasteiger partial charge is 0.302 e. The third kappa shape index (κ3) is 1.66. The molecule has 0 amide bonds. The van der Waals surface area contributed by atoms with Gasteiger partial charge >= 0.3 is 5.91 Å². The van der Waals surface area contributed by atoms with E-state index in [1.165, 1.54) is 11.0 Å². The molecule has 0 aliphatic heterocycles. The molecule has 0 N–H and O–H groups in total. The SMILES string of the molecule is Cc1c(C)n(C(=O)c2ncn(C)n2)c2ccccc12. The molecule has 0 atom stereocenters. The summed E-state index contributed by atoms with van der Waals surface area (Å²) < 4.78 is 3.21. The molecule has 0 bridgehead atoms. The lowest BCUT2D eigenvalue weighted by Gasteiger charge is -2.03. The van der Waals surface area contributed by atoms with Crippen LogP contribution >= 0.6 is 0 Å². The minimum absolute atomic E-state index is 0.192. The Labute approximate surface area is 110 Å². The minimum Gasteiger partial charge on any atom is -0.277 e. The van der Waals surface area contributed by atoms with Gasteiger partial charge in [-0.2, -0.15) is 0 Å². The molecule has 2 heterocycles. The second kappa shape index (κ2) is 4.05. The van der Waals surface area contributed by atoms with Gasteiger partial charge in [0, 0.05) is 18.1 Å². The van der Waals surface area contributed by atoms with Gasteiger partial charge in [0.05, 0.1) is 5.52 Å². The Bertz CT molecular complexity index is 782. The highest BCUT2D eigenvalue weighted by Gasteiger charge is 2.20. The van der Waals surface area contributed by atoms with Crippen molar-refractivity contribution in [3.63, 3.8) is 0 Å². The van der Waals surface area contributed by atoms with Gasteiger partial charge < -0.3 is 0 Å². The molecule has 5 nitrogen and oxygen atoms in total. The van der Waals surface area contributed by atoms with E-state index < -0.39 is 0 Å². The van der Waals surface area contributed by atoms with Crippen molar-refractivity contribution < 1.29 is 4.79 Å². The average Bonchev–Trinajstić information content (AvgIpc) is 2.94. The molecular formula is C14H14N4O. The summed E-state index contributed by atoms with van der Waals surface area (Å²) in [5.74, 6) is 0.0220. The molecule has 1 aromatic carbocycles. The number of para-hydroxylation sites is 1. The van der Waals surface area contributed by atoms with Crippen LogP contribution in [0.25, 0.3) is 10.9 Å². The zero-order valence-electron chi connectivity index (χ0n) is 11.1. The van der Waals surface area contributed by atoms with E-state index in [0.29, 0.717) is 0 Å². The molecule has 3 rings (SSSR count). The van der Waals surface area contributed by atoms with Crippen molar-refractivity contribution in [1.29, 1.82) is 0 Å². The van der Waals surface area contributed by atoms with Crippen LogP contribution in [0.1, 0.15) is 21.9 Å². The monoisotopic (exact) mass is 254 g/mol. The van der Waals surface area contributed by atoms with E-state index in [2.05, 4.69) is 10.1 Å².